The molecule has 4 rings (SSSR count). The number of aromatic nitrogens is 4. The summed E-state index contributed by atoms with van der Waals surface area (Å²) in [5, 5.41) is 7.99. The van der Waals surface area contributed by atoms with Gasteiger partial charge in [-0.1, -0.05) is 12.5 Å². The monoisotopic (exact) mass is 428 g/mol. The molecule has 1 aliphatic rings. The lowest BCUT2D eigenvalue weighted by atomic mass is 10.1. The van der Waals surface area contributed by atoms with Crippen LogP contribution in [-0.4, -0.2) is 50.7 Å². The molecule has 4 heterocycles. The quantitative estimate of drug-likeness (QED) is 0.623. The molecule has 0 radical (unpaired) electrons. The molecule has 6 nitrogen and oxygen atoms in total. The molecule has 3 aromatic rings. The van der Waals surface area contributed by atoms with Gasteiger partial charge >= 0.3 is 0 Å². The van der Waals surface area contributed by atoms with Gasteiger partial charge in [0.15, 0.2) is 5.65 Å². The van der Waals surface area contributed by atoms with E-state index in [1.807, 2.05) is 29.2 Å². The summed E-state index contributed by atoms with van der Waals surface area (Å²) in [6.07, 6.45) is 11.4. The topological polar surface area (TPSA) is 58.4 Å². The van der Waals surface area contributed by atoms with E-state index in [1.165, 1.54) is 37.9 Å². The van der Waals surface area contributed by atoms with Crippen molar-refractivity contribution in [1.29, 1.82) is 0 Å². The van der Waals surface area contributed by atoms with Gasteiger partial charge in [0.25, 0.3) is 0 Å². The normalized spacial score (nSPS) is 15.3. The maximum atomic E-state index is 4.74. The fourth-order valence-corrected chi connectivity index (χ4v) is 3.96. The fraction of sp³-hybridized carbons (Fsp3) is 0.450. The number of piperidine rings is 1. The van der Waals surface area contributed by atoms with Crippen molar-refractivity contribution in [1.82, 2.24) is 24.5 Å². The molecule has 7 heteroatoms. The molecular weight excluding hydrogens is 404 g/mol. The molecule has 1 aliphatic heterocycles. The smallest absolute Gasteiger partial charge is 0.171 e. The predicted molar refractivity (Wildman–Crippen MR) is 111 cm³/mol. The van der Waals surface area contributed by atoms with E-state index in [1.54, 1.807) is 0 Å². The van der Waals surface area contributed by atoms with Gasteiger partial charge in [0.2, 0.25) is 0 Å². The van der Waals surface area contributed by atoms with Crippen molar-refractivity contribution < 1.29 is 0 Å². The van der Waals surface area contributed by atoms with Crippen molar-refractivity contribution >= 4 is 27.4 Å². The minimum atomic E-state index is 0.860. The highest BCUT2D eigenvalue weighted by Crippen LogP contribution is 2.21. The van der Waals surface area contributed by atoms with Gasteiger partial charge in [0, 0.05) is 37.2 Å². The van der Waals surface area contributed by atoms with Crippen LogP contribution in [0.5, 0.6) is 0 Å². The molecule has 0 aromatic carbocycles. The van der Waals surface area contributed by atoms with Gasteiger partial charge in [-0.05, 0) is 66.3 Å². The Morgan fingerprint density at radius 2 is 2.00 bits per heavy atom. The first-order valence-corrected chi connectivity index (χ1v) is 10.5. The molecule has 27 heavy (non-hydrogen) atoms. The van der Waals surface area contributed by atoms with E-state index in [2.05, 4.69) is 48.4 Å². The number of aryl methyl sites for hydroxylation is 2. The van der Waals surface area contributed by atoms with Crippen LogP contribution >= 0.6 is 15.9 Å². The van der Waals surface area contributed by atoms with Crippen LogP contribution < -0.4 is 5.32 Å². The van der Waals surface area contributed by atoms with Crippen LogP contribution in [0.2, 0.25) is 0 Å². The molecular formula is C20H25BrN6. The van der Waals surface area contributed by atoms with Crippen LogP contribution in [0.1, 0.15) is 30.5 Å². The number of rotatable bonds is 7. The summed E-state index contributed by atoms with van der Waals surface area (Å²) in [7, 11) is 0. The van der Waals surface area contributed by atoms with Crippen LogP contribution in [0.4, 0.5) is 5.82 Å². The molecule has 1 saturated heterocycles. The molecule has 0 bridgehead atoms. The highest BCUT2D eigenvalue weighted by molar-refractivity contribution is 9.10. The minimum Gasteiger partial charge on any atom is -0.369 e. The van der Waals surface area contributed by atoms with Gasteiger partial charge in [0.05, 0.1) is 10.7 Å². The highest BCUT2D eigenvalue weighted by Gasteiger charge is 2.12. The maximum Gasteiger partial charge on any atom is 0.171 e. The third-order valence-corrected chi connectivity index (χ3v) is 5.64. The van der Waals surface area contributed by atoms with E-state index in [-0.39, 0.29) is 0 Å². The summed E-state index contributed by atoms with van der Waals surface area (Å²) >= 11 is 3.57. The Morgan fingerprint density at radius 3 is 2.81 bits per heavy atom. The first-order valence-electron chi connectivity index (χ1n) is 9.68. The number of anilines is 1. The Morgan fingerprint density at radius 1 is 1.11 bits per heavy atom. The van der Waals surface area contributed by atoms with Gasteiger partial charge < -0.3 is 10.2 Å². The van der Waals surface area contributed by atoms with E-state index in [4.69, 9.17) is 4.98 Å². The van der Waals surface area contributed by atoms with E-state index >= 15 is 0 Å². The zero-order chi connectivity index (χ0) is 18.5. The second-order valence-corrected chi connectivity index (χ2v) is 7.91. The second kappa shape index (κ2) is 8.80. The number of hydrogen-bond donors (Lipinski definition) is 1. The molecule has 0 amide bonds. The molecule has 0 aliphatic carbocycles. The van der Waals surface area contributed by atoms with Crippen LogP contribution in [0.25, 0.3) is 5.65 Å². The zero-order valence-corrected chi connectivity index (χ0v) is 17.0. The third-order valence-electron chi connectivity index (χ3n) is 5.08. The summed E-state index contributed by atoms with van der Waals surface area (Å²) in [5.74, 6) is 0.918. The highest BCUT2D eigenvalue weighted by atomic mass is 79.9. The van der Waals surface area contributed by atoms with Crippen molar-refractivity contribution in [3.8, 4) is 0 Å². The van der Waals surface area contributed by atoms with Gasteiger partial charge in [-0.25, -0.2) is 9.50 Å². The number of pyridine rings is 1. The lowest BCUT2D eigenvalue weighted by Crippen LogP contribution is -2.33. The summed E-state index contributed by atoms with van der Waals surface area (Å²) in [5.41, 5.74) is 3.24. The van der Waals surface area contributed by atoms with Crippen molar-refractivity contribution in [3.63, 3.8) is 0 Å². The van der Waals surface area contributed by atoms with Crippen molar-refractivity contribution in [2.24, 2.45) is 0 Å². The molecule has 0 spiro atoms. The van der Waals surface area contributed by atoms with E-state index < -0.39 is 0 Å². The van der Waals surface area contributed by atoms with Gasteiger partial charge in [0.1, 0.15) is 5.82 Å². The number of nitrogens with zero attached hydrogens (tertiary/aromatic N) is 5. The number of fused-ring (bicyclic) bond motifs is 1. The summed E-state index contributed by atoms with van der Waals surface area (Å²) < 4.78 is 2.85. The number of hydrogen-bond acceptors (Lipinski definition) is 5. The second-order valence-electron chi connectivity index (χ2n) is 7.05. The molecule has 3 aromatic heterocycles. The van der Waals surface area contributed by atoms with E-state index in [0.29, 0.717) is 0 Å². The molecule has 1 fully saturated rings. The van der Waals surface area contributed by atoms with Crippen LogP contribution in [0.15, 0.2) is 41.3 Å². The van der Waals surface area contributed by atoms with E-state index in [9.17, 15) is 0 Å². The van der Waals surface area contributed by atoms with Gasteiger partial charge in [-0.2, -0.15) is 5.10 Å². The molecule has 0 saturated carbocycles. The lowest BCUT2D eigenvalue weighted by molar-refractivity contribution is 0.237. The van der Waals surface area contributed by atoms with Crippen molar-refractivity contribution in [2.75, 3.05) is 31.5 Å². The first-order chi connectivity index (χ1) is 13.3. The number of likely N-dealkylation sites (tertiary alicyclic amines) is 1. The zero-order valence-electron chi connectivity index (χ0n) is 15.4. The predicted octanol–water partition coefficient (Wildman–Crippen LogP) is 3.57. The summed E-state index contributed by atoms with van der Waals surface area (Å²) in [6, 6.07) is 6.22. The van der Waals surface area contributed by atoms with Crippen LogP contribution in [0, 0.1) is 0 Å². The number of nitrogens with one attached hydrogen (secondary N) is 1. The fourth-order valence-electron chi connectivity index (χ4n) is 3.61. The Kier molecular flexibility index (Phi) is 5.99. The van der Waals surface area contributed by atoms with Gasteiger partial charge in [-0.3, -0.25) is 4.98 Å². The molecule has 0 unspecified atom stereocenters. The first kappa shape index (κ1) is 18.4. The molecule has 1 N–H and O–H groups in total. The molecule has 0 atom stereocenters. The van der Waals surface area contributed by atoms with E-state index in [0.717, 1.165) is 47.6 Å². The van der Waals surface area contributed by atoms with Crippen LogP contribution in [-0.2, 0) is 12.8 Å². The lowest BCUT2D eigenvalue weighted by Gasteiger charge is -2.26. The Bertz CT molecular complexity index is 873. The average Bonchev–Trinajstić information content (AvgIpc) is 3.09. The van der Waals surface area contributed by atoms with Gasteiger partial charge in [-0.15, -0.1) is 0 Å². The molecule has 142 valence electrons. The largest absolute Gasteiger partial charge is 0.369 e. The Labute approximate surface area is 168 Å². The van der Waals surface area contributed by atoms with Crippen molar-refractivity contribution in [2.45, 2.75) is 32.1 Å². The standard InChI is InChI=1S/C20H25BrN6/c21-18-15-24-27-17(7-6-16-5-4-8-22-14-16)13-19(25-20(18)27)23-9-12-26-10-2-1-3-11-26/h4-5,8,13-15H,1-3,6-7,9-12H2,(H,23,25). The number of halogens is 1. The maximum absolute atomic E-state index is 4.74. The van der Waals surface area contributed by atoms with Crippen molar-refractivity contribution in [3.05, 3.63) is 52.5 Å². The average molecular weight is 429 g/mol. The Hall–Kier alpha value is -1.99. The van der Waals surface area contributed by atoms with Crippen LogP contribution in [0.3, 0.4) is 0 Å². The summed E-state index contributed by atoms with van der Waals surface area (Å²) in [6.45, 7) is 4.42. The summed E-state index contributed by atoms with van der Waals surface area (Å²) in [4.78, 5) is 11.5. The SMILES string of the molecule is Brc1cnn2c(CCc3cccnc3)cc(NCCN3CCCCC3)nc12. The third kappa shape index (κ3) is 4.65. The Balaban J connectivity index is 1.46. The minimum absolute atomic E-state index is 0.860.